The molecule has 0 radical (unpaired) electrons. The molecule has 1 saturated heterocycles. The Morgan fingerprint density at radius 2 is 1.59 bits per heavy atom. The number of carbonyl (C=O) groups excluding carboxylic acids is 1. The van der Waals surface area contributed by atoms with Crippen molar-refractivity contribution in [3.05, 3.63) is 59.1 Å². The number of anilines is 1. The Hall–Kier alpha value is -2.14. The minimum atomic E-state index is -3.77. The number of piperazine rings is 1. The number of hydrogen-bond donors (Lipinski definition) is 0. The Bertz CT molecular complexity index is 1190. The van der Waals surface area contributed by atoms with Crippen LogP contribution in [0.5, 0.6) is 0 Å². The minimum Gasteiger partial charge on any atom is -0.338 e. The molecule has 174 valence electrons. The summed E-state index contributed by atoms with van der Waals surface area (Å²) in [7, 11) is -7.43. The first kappa shape index (κ1) is 24.5. The van der Waals surface area contributed by atoms with Crippen LogP contribution in [-0.4, -0.2) is 70.4 Å². The molecule has 2 aromatic rings. The summed E-state index contributed by atoms with van der Waals surface area (Å²) in [6.07, 6.45) is 1.03. The van der Waals surface area contributed by atoms with Crippen molar-refractivity contribution in [1.29, 1.82) is 0 Å². The van der Waals surface area contributed by atoms with Crippen molar-refractivity contribution >= 4 is 43.2 Å². The van der Waals surface area contributed by atoms with E-state index in [0.717, 1.165) is 16.1 Å². The fourth-order valence-electron chi connectivity index (χ4n) is 3.69. The second-order valence-corrected chi connectivity index (χ2v) is 12.0. The zero-order chi connectivity index (χ0) is 23.7. The van der Waals surface area contributed by atoms with Crippen LogP contribution in [-0.2, 0) is 24.8 Å². The molecule has 0 bridgehead atoms. The fourth-order valence-corrected chi connectivity index (χ4v) is 6.46. The zero-order valence-electron chi connectivity index (χ0n) is 18.1. The fraction of sp³-hybridized carbons (Fsp3) is 0.381. The van der Waals surface area contributed by atoms with Crippen LogP contribution in [0.1, 0.15) is 12.5 Å². The van der Waals surface area contributed by atoms with Crippen molar-refractivity contribution in [3.8, 4) is 0 Å². The molecule has 8 nitrogen and oxygen atoms in total. The predicted octanol–water partition coefficient (Wildman–Crippen LogP) is 2.34. The Morgan fingerprint density at radius 1 is 1.00 bits per heavy atom. The summed E-state index contributed by atoms with van der Waals surface area (Å²) in [5.41, 5.74) is 1.25. The lowest BCUT2D eigenvalue weighted by Crippen LogP contribution is -2.56. The monoisotopic (exact) mass is 499 g/mol. The third kappa shape index (κ3) is 5.25. The molecular weight excluding hydrogens is 474 g/mol. The number of rotatable bonds is 6. The average molecular weight is 500 g/mol. The van der Waals surface area contributed by atoms with Gasteiger partial charge in [-0.3, -0.25) is 9.10 Å². The smallest absolute Gasteiger partial charge is 0.246 e. The molecule has 32 heavy (non-hydrogen) atoms. The predicted molar refractivity (Wildman–Crippen MR) is 125 cm³/mol. The molecule has 0 aliphatic carbocycles. The first-order chi connectivity index (χ1) is 14.9. The highest BCUT2D eigenvalue weighted by Crippen LogP contribution is 2.25. The van der Waals surface area contributed by atoms with Crippen molar-refractivity contribution in [2.24, 2.45) is 0 Å². The van der Waals surface area contributed by atoms with E-state index < -0.39 is 32.0 Å². The van der Waals surface area contributed by atoms with Gasteiger partial charge in [0.2, 0.25) is 26.0 Å². The summed E-state index contributed by atoms with van der Waals surface area (Å²) in [6, 6.07) is 11.9. The van der Waals surface area contributed by atoms with Crippen molar-refractivity contribution < 1.29 is 21.6 Å². The van der Waals surface area contributed by atoms with Crippen LogP contribution in [0.25, 0.3) is 0 Å². The first-order valence-corrected chi connectivity index (χ1v) is 13.7. The molecule has 0 saturated carbocycles. The molecule has 11 heteroatoms. The van der Waals surface area contributed by atoms with Gasteiger partial charge in [-0.1, -0.05) is 35.4 Å². The molecule has 1 fully saturated rings. The second kappa shape index (κ2) is 9.38. The first-order valence-electron chi connectivity index (χ1n) is 10.0. The standard InChI is InChI=1S/C21H26ClN3O5S2/c1-16-7-9-20(10-8-16)32(29,30)24-13-11-23(12-14-24)21(26)17(2)25(31(3,27)28)19-6-4-5-18(22)15-19/h4-10,15,17H,11-14H2,1-3H3/t17-/m0/s1. The lowest BCUT2D eigenvalue weighted by molar-refractivity contribution is -0.133. The highest BCUT2D eigenvalue weighted by Gasteiger charge is 2.35. The Labute approximate surface area is 194 Å². The quantitative estimate of drug-likeness (QED) is 0.608. The summed E-state index contributed by atoms with van der Waals surface area (Å²) in [4.78, 5) is 14.8. The van der Waals surface area contributed by atoms with Gasteiger partial charge in [0, 0.05) is 31.2 Å². The van der Waals surface area contributed by atoms with E-state index in [1.54, 1.807) is 42.5 Å². The van der Waals surface area contributed by atoms with E-state index in [1.807, 2.05) is 6.92 Å². The zero-order valence-corrected chi connectivity index (χ0v) is 20.5. The van der Waals surface area contributed by atoms with Gasteiger partial charge in [-0.25, -0.2) is 16.8 Å². The summed E-state index contributed by atoms with van der Waals surface area (Å²) in [5, 5.41) is 0.353. The Balaban J connectivity index is 1.74. The summed E-state index contributed by atoms with van der Waals surface area (Å²) >= 11 is 6.01. The Kier molecular flexibility index (Phi) is 7.18. The van der Waals surface area contributed by atoms with Gasteiger partial charge in [-0.05, 0) is 44.2 Å². The van der Waals surface area contributed by atoms with Gasteiger partial charge in [0.25, 0.3) is 0 Å². The van der Waals surface area contributed by atoms with Crippen molar-refractivity contribution in [3.63, 3.8) is 0 Å². The largest absolute Gasteiger partial charge is 0.338 e. The van der Waals surface area contributed by atoms with Crippen LogP contribution in [0.4, 0.5) is 5.69 Å². The minimum absolute atomic E-state index is 0.130. The molecule has 0 N–H and O–H groups in total. The number of aryl methyl sites for hydroxylation is 1. The normalized spacial score (nSPS) is 16.6. The van der Waals surface area contributed by atoms with Gasteiger partial charge < -0.3 is 4.90 Å². The maximum Gasteiger partial charge on any atom is 0.246 e. The van der Waals surface area contributed by atoms with Crippen LogP contribution >= 0.6 is 11.6 Å². The number of carbonyl (C=O) groups is 1. The third-order valence-corrected chi connectivity index (χ3v) is 8.73. The van der Waals surface area contributed by atoms with Gasteiger partial charge >= 0.3 is 0 Å². The molecule has 1 aliphatic heterocycles. The maximum atomic E-state index is 13.1. The summed E-state index contributed by atoms with van der Waals surface area (Å²) < 4.78 is 53.1. The van der Waals surface area contributed by atoms with Gasteiger partial charge in [-0.2, -0.15) is 4.31 Å². The Morgan fingerprint density at radius 3 is 2.12 bits per heavy atom. The molecule has 1 heterocycles. The molecule has 0 unspecified atom stereocenters. The SMILES string of the molecule is Cc1ccc(S(=O)(=O)N2CCN(C(=O)[C@H](C)N(c3cccc(Cl)c3)S(C)(=O)=O)CC2)cc1. The molecule has 2 aromatic carbocycles. The maximum absolute atomic E-state index is 13.1. The second-order valence-electron chi connectivity index (χ2n) is 7.76. The van der Waals surface area contributed by atoms with Gasteiger partial charge in [0.15, 0.2) is 0 Å². The molecule has 0 spiro atoms. The van der Waals surface area contributed by atoms with Gasteiger partial charge in [0.05, 0.1) is 16.8 Å². The van der Waals surface area contributed by atoms with Crippen molar-refractivity contribution in [1.82, 2.24) is 9.21 Å². The number of hydrogen-bond acceptors (Lipinski definition) is 5. The average Bonchev–Trinajstić information content (AvgIpc) is 2.73. The van der Waals surface area contributed by atoms with E-state index >= 15 is 0 Å². The van der Waals surface area contributed by atoms with Crippen LogP contribution < -0.4 is 4.31 Å². The van der Waals surface area contributed by atoms with E-state index in [0.29, 0.717) is 10.7 Å². The lowest BCUT2D eigenvalue weighted by atomic mass is 10.2. The lowest BCUT2D eigenvalue weighted by Gasteiger charge is -2.37. The van der Waals surface area contributed by atoms with Crippen LogP contribution in [0.3, 0.4) is 0 Å². The molecule has 1 aliphatic rings. The van der Waals surface area contributed by atoms with E-state index in [2.05, 4.69) is 0 Å². The number of sulfonamides is 2. The molecular formula is C21H26ClN3O5S2. The molecule has 1 amide bonds. The topological polar surface area (TPSA) is 95.1 Å². The van der Waals surface area contributed by atoms with Crippen LogP contribution in [0.15, 0.2) is 53.4 Å². The van der Waals surface area contributed by atoms with Crippen LogP contribution in [0.2, 0.25) is 5.02 Å². The van der Waals surface area contributed by atoms with E-state index in [-0.39, 0.29) is 31.1 Å². The van der Waals surface area contributed by atoms with Crippen molar-refractivity contribution in [2.75, 3.05) is 36.7 Å². The highest BCUT2D eigenvalue weighted by molar-refractivity contribution is 7.92. The van der Waals surface area contributed by atoms with Crippen LogP contribution in [0, 0.1) is 6.92 Å². The number of halogens is 1. The third-order valence-electron chi connectivity index (χ3n) is 5.34. The number of nitrogens with zero attached hydrogens (tertiary/aromatic N) is 3. The van der Waals surface area contributed by atoms with Crippen molar-refractivity contribution in [2.45, 2.75) is 24.8 Å². The van der Waals surface area contributed by atoms with Gasteiger partial charge in [0.1, 0.15) is 6.04 Å². The van der Waals surface area contributed by atoms with E-state index in [9.17, 15) is 21.6 Å². The number of benzene rings is 2. The highest BCUT2D eigenvalue weighted by atomic mass is 35.5. The van der Waals surface area contributed by atoms with E-state index in [4.69, 9.17) is 11.6 Å². The summed E-state index contributed by atoms with van der Waals surface area (Å²) in [6.45, 7) is 3.99. The summed E-state index contributed by atoms with van der Waals surface area (Å²) in [5.74, 6) is -0.400. The van der Waals surface area contributed by atoms with E-state index in [1.165, 1.54) is 22.2 Å². The molecule has 1 atom stereocenters. The molecule has 0 aromatic heterocycles. The van der Waals surface area contributed by atoms with Gasteiger partial charge in [-0.15, -0.1) is 0 Å². The number of amides is 1. The molecule has 3 rings (SSSR count).